The molecular weight excluding hydrogens is 293 g/mol. The van der Waals surface area contributed by atoms with Gasteiger partial charge in [-0.15, -0.1) is 0 Å². The lowest BCUT2D eigenvalue weighted by molar-refractivity contribution is 0.388. The fourth-order valence-corrected chi connectivity index (χ4v) is 3.29. The lowest BCUT2D eigenvalue weighted by Gasteiger charge is -2.35. The van der Waals surface area contributed by atoms with Crippen LogP contribution in [0.1, 0.15) is 12.5 Å². The Hall–Kier alpha value is -1.18. The van der Waals surface area contributed by atoms with Crippen molar-refractivity contribution < 1.29 is 12.8 Å². The van der Waals surface area contributed by atoms with Crippen molar-refractivity contribution in [1.82, 2.24) is 9.62 Å². The van der Waals surface area contributed by atoms with E-state index in [0.29, 0.717) is 32.7 Å². The van der Waals surface area contributed by atoms with Crippen molar-refractivity contribution in [3.8, 4) is 0 Å². The first-order valence-electron chi connectivity index (χ1n) is 7.10. The van der Waals surface area contributed by atoms with Gasteiger partial charge in [-0.25, -0.2) is 12.8 Å². The third-order valence-corrected chi connectivity index (χ3v) is 4.90. The van der Waals surface area contributed by atoms with Gasteiger partial charge in [0.05, 0.1) is 6.26 Å². The minimum absolute atomic E-state index is 0.258. The summed E-state index contributed by atoms with van der Waals surface area (Å²) in [6, 6.07) is 4.99. The zero-order chi connectivity index (χ0) is 15.5. The first-order chi connectivity index (χ1) is 9.90. The fraction of sp³-hybridized carbons (Fsp3) is 0.571. The summed E-state index contributed by atoms with van der Waals surface area (Å²) in [6.07, 6.45) is 1.22. The van der Waals surface area contributed by atoms with Crippen molar-refractivity contribution in [1.29, 1.82) is 0 Å². The third kappa shape index (κ3) is 4.39. The van der Waals surface area contributed by atoms with Crippen LogP contribution >= 0.6 is 0 Å². The maximum Gasteiger partial charge on any atom is 0.211 e. The fourth-order valence-electron chi connectivity index (χ4n) is 2.47. The van der Waals surface area contributed by atoms with Gasteiger partial charge in [0.2, 0.25) is 10.0 Å². The second-order valence-electron chi connectivity index (χ2n) is 5.25. The number of nitrogens with zero attached hydrogens (tertiary/aromatic N) is 2. The van der Waals surface area contributed by atoms with Crippen LogP contribution in [0.4, 0.5) is 10.1 Å². The van der Waals surface area contributed by atoms with E-state index < -0.39 is 10.0 Å². The van der Waals surface area contributed by atoms with Crippen molar-refractivity contribution in [3.63, 3.8) is 0 Å². The van der Waals surface area contributed by atoms with Gasteiger partial charge in [-0.05, 0) is 30.3 Å². The van der Waals surface area contributed by atoms with E-state index >= 15 is 0 Å². The minimum Gasteiger partial charge on any atom is -0.369 e. The van der Waals surface area contributed by atoms with Gasteiger partial charge in [0.15, 0.2) is 0 Å². The van der Waals surface area contributed by atoms with Crippen LogP contribution in [0.25, 0.3) is 0 Å². The molecule has 1 aliphatic rings. The van der Waals surface area contributed by atoms with Crippen LogP contribution in [0.2, 0.25) is 0 Å². The molecule has 0 aliphatic carbocycles. The van der Waals surface area contributed by atoms with Crippen molar-refractivity contribution in [3.05, 3.63) is 29.6 Å². The molecule has 1 saturated heterocycles. The van der Waals surface area contributed by atoms with Crippen LogP contribution in [0.5, 0.6) is 0 Å². The van der Waals surface area contributed by atoms with Crippen molar-refractivity contribution in [2.75, 3.05) is 43.9 Å². The molecule has 0 atom stereocenters. The molecule has 0 unspecified atom stereocenters. The Bertz CT molecular complexity index is 584. The minimum atomic E-state index is -3.14. The molecule has 0 saturated carbocycles. The Balaban J connectivity index is 2.07. The van der Waals surface area contributed by atoms with Gasteiger partial charge in [-0.1, -0.05) is 6.92 Å². The highest BCUT2D eigenvalue weighted by atomic mass is 32.2. The summed E-state index contributed by atoms with van der Waals surface area (Å²) in [6.45, 7) is 5.51. The highest BCUT2D eigenvalue weighted by Crippen LogP contribution is 2.21. The number of nitrogens with one attached hydrogen (secondary N) is 1. The second kappa shape index (κ2) is 6.72. The van der Waals surface area contributed by atoms with Gasteiger partial charge in [-0.3, -0.25) is 0 Å². The van der Waals surface area contributed by atoms with E-state index in [9.17, 15) is 12.8 Å². The summed E-state index contributed by atoms with van der Waals surface area (Å²) in [4.78, 5) is 2.03. The van der Waals surface area contributed by atoms with E-state index in [1.807, 2.05) is 17.9 Å². The van der Waals surface area contributed by atoms with Gasteiger partial charge < -0.3 is 10.2 Å². The maximum absolute atomic E-state index is 13.7. The van der Waals surface area contributed by atoms with Gasteiger partial charge in [0, 0.05) is 38.4 Å². The lowest BCUT2D eigenvalue weighted by Crippen LogP contribution is -2.48. The van der Waals surface area contributed by atoms with Gasteiger partial charge in [0.25, 0.3) is 0 Å². The number of hydrogen-bond donors (Lipinski definition) is 1. The molecule has 1 aromatic rings. The van der Waals surface area contributed by atoms with Crippen molar-refractivity contribution >= 4 is 15.7 Å². The molecule has 0 spiro atoms. The van der Waals surface area contributed by atoms with Crippen LogP contribution in [0.15, 0.2) is 18.2 Å². The van der Waals surface area contributed by atoms with E-state index in [-0.39, 0.29) is 5.82 Å². The largest absolute Gasteiger partial charge is 0.369 e. The maximum atomic E-state index is 13.7. The molecule has 0 radical (unpaired) electrons. The molecule has 7 heteroatoms. The summed E-state index contributed by atoms with van der Waals surface area (Å²) in [5.74, 6) is -0.258. The SMILES string of the molecule is CCNCc1cc(F)cc(N2CCN(S(C)(=O)=O)CC2)c1. The molecule has 1 aliphatic heterocycles. The number of anilines is 1. The van der Waals surface area contributed by atoms with E-state index in [1.165, 1.54) is 22.7 Å². The zero-order valence-electron chi connectivity index (χ0n) is 12.5. The molecule has 5 nitrogen and oxygen atoms in total. The molecular formula is C14H22FN3O2S. The lowest BCUT2D eigenvalue weighted by atomic mass is 10.1. The zero-order valence-corrected chi connectivity index (χ0v) is 13.3. The number of sulfonamides is 1. The van der Waals surface area contributed by atoms with Gasteiger partial charge >= 0.3 is 0 Å². The second-order valence-corrected chi connectivity index (χ2v) is 7.23. The van der Waals surface area contributed by atoms with E-state index in [1.54, 1.807) is 0 Å². The Morgan fingerprint density at radius 3 is 2.43 bits per heavy atom. The number of halogens is 1. The van der Waals surface area contributed by atoms with E-state index in [4.69, 9.17) is 0 Å². The Kier molecular flexibility index (Phi) is 5.18. The van der Waals surface area contributed by atoms with Crippen LogP contribution in [-0.2, 0) is 16.6 Å². The summed E-state index contributed by atoms with van der Waals surface area (Å²) in [7, 11) is -3.14. The first-order valence-corrected chi connectivity index (χ1v) is 8.95. The highest BCUT2D eigenvalue weighted by molar-refractivity contribution is 7.88. The molecule has 21 heavy (non-hydrogen) atoms. The summed E-state index contributed by atoms with van der Waals surface area (Å²) < 4.78 is 38.2. The predicted octanol–water partition coefficient (Wildman–Crippen LogP) is 1.02. The molecule has 1 aromatic carbocycles. The van der Waals surface area contributed by atoms with Crippen LogP contribution in [0.3, 0.4) is 0 Å². The van der Waals surface area contributed by atoms with Gasteiger partial charge in [-0.2, -0.15) is 4.31 Å². The Morgan fingerprint density at radius 1 is 1.19 bits per heavy atom. The number of piperazine rings is 1. The van der Waals surface area contributed by atoms with E-state index in [2.05, 4.69) is 5.32 Å². The number of rotatable bonds is 5. The molecule has 1 fully saturated rings. The standard InChI is InChI=1S/C14H22FN3O2S/c1-3-16-11-12-8-13(15)10-14(9-12)17-4-6-18(7-5-17)21(2,19)20/h8-10,16H,3-7,11H2,1-2H3. The topological polar surface area (TPSA) is 52.6 Å². The average Bonchev–Trinajstić information content (AvgIpc) is 2.44. The predicted molar refractivity (Wildman–Crippen MR) is 82.4 cm³/mol. The highest BCUT2D eigenvalue weighted by Gasteiger charge is 2.23. The number of hydrogen-bond acceptors (Lipinski definition) is 4. The average molecular weight is 315 g/mol. The van der Waals surface area contributed by atoms with E-state index in [0.717, 1.165) is 17.8 Å². The van der Waals surface area contributed by atoms with Crippen molar-refractivity contribution in [2.45, 2.75) is 13.5 Å². The van der Waals surface area contributed by atoms with Crippen LogP contribution in [-0.4, -0.2) is 51.7 Å². The molecule has 0 amide bonds. The summed E-state index contributed by atoms with van der Waals surface area (Å²) in [5, 5.41) is 3.18. The normalized spacial score (nSPS) is 17.2. The summed E-state index contributed by atoms with van der Waals surface area (Å²) >= 11 is 0. The quantitative estimate of drug-likeness (QED) is 0.881. The van der Waals surface area contributed by atoms with Crippen LogP contribution < -0.4 is 10.2 Å². The smallest absolute Gasteiger partial charge is 0.211 e. The molecule has 0 aromatic heterocycles. The Morgan fingerprint density at radius 2 is 1.86 bits per heavy atom. The van der Waals surface area contributed by atoms with Gasteiger partial charge in [0.1, 0.15) is 5.82 Å². The molecule has 2 rings (SSSR count). The molecule has 118 valence electrons. The first kappa shape index (κ1) is 16.2. The molecule has 0 bridgehead atoms. The number of benzene rings is 1. The summed E-state index contributed by atoms with van der Waals surface area (Å²) in [5.41, 5.74) is 1.72. The van der Waals surface area contributed by atoms with Crippen LogP contribution in [0, 0.1) is 5.82 Å². The van der Waals surface area contributed by atoms with Crippen molar-refractivity contribution in [2.24, 2.45) is 0 Å². The Labute approximate surface area is 125 Å². The molecule has 1 N–H and O–H groups in total. The molecule has 1 heterocycles. The third-order valence-electron chi connectivity index (χ3n) is 3.59. The monoisotopic (exact) mass is 315 g/mol.